The van der Waals surface area contributed by atoms with Crippen LogP contribution in [0.3, 0.4) is 0 Å². The summed E-state index contributed by atoms with van der Waals surface area (Å²) in [5.74, 6) is -2.02. The number of carbonyl (C=O) groups is 2. The molecule has 1 saturated heterocycles. The Morgan fingerprint density at radius 1 is 1.17 bits per heavy atom. The zero-order valence-corrected chi connectivity index (χ0v) is 13.8. The molecule has 1 aromatic rings. The highest BCUT2D eigenvalue weighted by molar-refractivity contribution is 7.91. The predicted molar refractivity (Wildman–Crippen MR) is 83.6 cm³/mol. The number of amides is 1. The Labute approximate surface area is 139 Å². The topological polar surface area (TPSA) is 80.8 Å². The Hall–Kier alpha value is -1.96. The number of hydrogen-bond donors (Lipinski definition) is 0. The van der Waals surface area contributed by atoms with Gasteiger partial charge < -0.3 is 9.64 Å². The maximum Gasteiger partial charge on any atom is 0.341 e. The fraction of sp³-hybridized carbons (Fsp3) is 0.500. The molecule has 3 rings (SSSR count). The predicted octanol–water partition coefficient (Wildman–Crippen LogP) is 1.16. The molecule has 1 aliphatic heterocycles. The number of esters is 1. The Morgan fingerprint density at radius 3 is 2.46 bits per heavy atom. The lowest BCUT2D eigenvalue weighted by Crippen LogP contribution is -2.44. The van der Waals surface area contributed by atoms with E-state index in [-0.39, 0.29) is 29.2 Å². The van der Waals surface area contributed by atoms with Crippen molar-refractivity contribution in [2.45, 2.75) is 31.3 Å². The molecule has 130 valence electrons. The third-order valence-electron chi connectivity index (χ3n) is 4.25. The quantitative estimate of drug-likeness (QED) is 0.741. The van der Waals surface area contributed by atoms with Gasteiger partial charge >= 0.3 is 5.97 Å². The van der Waals surface area contributed by atoms with Crippen LogP contribution in [0.4, 0.5) is 4.39 Å². The van der Waals surface area contributed by atoms with Crippen LogP contribution < -0.4 is 0 Å². The zero-order chi connectivity index (χ0) is 17.3. The van der Waals surface area contributed by atoms with E-state index in [2.05, 4.69) is 0 Å². The van der Waals surface area contributed by atoms with E-state index in [1.807, 2.05) is 0 Å². The Morgan fingerprint density at radius 2 is 1.88 bits per heavy atom. The van der Waals surface area contributed by atoms with Crippen molar-refractivity contribution in [3.63, 3.8) is 0 Å². The first-order valence-corrected chi connectivity index (χ1v) is 9.63. The van der Waals surface area contributed by atoms with Gasteiger partial charge in [-0.3, -0.25) is 4.79 Å². The number of sulfone groups is 1. The van der Waals surface area contributed by atoms with Gasteiger partial charge in [-0.15, -0.1) is 0 Å². The minimum atomic E-state index is -3.11. The maximum atomic E-state index is 13.5. The first kappa shape index (κ1) is 16.9. The van der Waals surface area contributed by atoms with E-state index in [4.69, 9.17) is 4.74 Å². The molecule has 1 saturated carbocycles. The van der Waals surface area contributed by atoms with Crippen LogP contribution in [-0.2, 0) is 19.4 Å². The monoisotopic (exact) mass is 355 g/mol. The van der Waals surface area contributed by atoms with Crippen molar-refractivity contribution < 1.29 is 27.1 Å². The summed E-state index contributed by atoms with van der Waals surface area (Å²) in [7, 11) is -3.11. The number of benzene rings is 1. The standard InChI is InChI=1S/C16H18FNO5S/c17-14-4-2-1-3-13(14)16(20)23-9-15(19)18(11-5-6-11)12-7-8-24(21,22)10-12/h1-4,11-12H,5-10H2/t12-/m0/s1. The minimum Gasteiger partial charge on any atom is -0.452 e. The van der Waals surface area contributed by atoms with Crippen molar-refractivity contribution in [1.29, 1.82) is 0 Å². The van der Waals surface area contributed by atoms with Gasteiger partial charge in [0.25, 0.3) is 5.91 Å². The number of hydrogen-bond acceptors (Lipinski definition) is 5. The highest BCUT2D eigenvalue weighted by Gasteiger charge is 2.42. The number of rotatable bonds is 5. The zero-order valence-electron chi connectivity index (χ0n) is 13.0. The molecular formula is C16H18FNO5S. The van der Waals surface area contributed by atoms with Gasteiger partial charge in [0.2, 0.25) is 0 Å². The molecule has 1 amide bonds. The molecule has 2 fully saturated rings. The van der Waals surface area contributed by atoms with Crippen molar-refractivity contribution in [1.82, 2.24) is 4.90 Å². The van der Waals surface area contributed by atoms with E-state index in [1.54, 1.807) is 4.90 Å². The molecule has 0 spiro atoms. The molecule has 1 heterocycles. The summed E-state index contributed by atoms with van der Waals surface area (Å²) >= 11 is 0. The smallest absolute Gasteiger partial charge is 0.341 e. The number of carbonyl (C=O) groups excluding carboxylic acids is 2. The van der Waals surface area contributed by atoms with Crippen molar-refractivity contribution in [3.8, 4) is 0 Å². The van der Waals surface area contributed by atoms with Crippen LogP contribution >= 0.6 is 0 Å². The van der Waals surface area contributed by atoms with Crippen molar-refractivity contribution >= 4 is 21.7 Å². The fourth-order valence-corrected chi connectivity index (χ4v) is 4.67. The molecule has 0 unspecified atom stereocenters. The molecule has 0 radical (unpaired) electrons. The lowest BCUT2D eigenvalue weighted by atomic mass is 10.2. The van der Waals surface area contributed by atoms with E-state index in [9.17, 15) is 22.4 Å². The average molecular weight is 355 g/mol. The van der Waals surface area contributed by atoms with Gasteiger partial charge in [0, 0.05) is 12.1 Å². The van der Waals surface area contributed by atoms with Crippen LogP contribution in [0.15, 0.2) is 24.3 Å². The summed E-state index contributed by atoms with van der Waals surface area (Å²) in [6.45, 7) is -0.514. The molecule has 1 aliphatic carbocycles. The Bertz CT molecular complexity index is 759. The number of halogens is 1. The van der Waals surface area contributed by atoms with Gasteiger partial charge in [0.05, 0.1) is 17.1 Å². The van der Waals surface area contributed by atoms with Crippen LogP contribution in [0.25, 0.3) is 0 Å². The largest absolute Gasteiger partial charge is 0.452 e. The van der Waals surface area contributed by atoms with Crippen molar-refractivity contribution in [2.75, 3.05) is 18.1 Å². The summed E-state index contributed by atoms with van der Waals surface area (Å²) in [5.41, 5.74) is -0.230. The van der Waals surface area contributed by atoms with Crippen molar-refractivity contribution in [2.24, 2.45) is 0 Å². The van der Waals surface area contributed by atoms with Gasteiger partial charge in [-0.25, -0.2) is 17.6 Å². The second-order valence-electron chi connectivity index (χ2n) is 6.15. The van der Waals surface area contributed by atoms with Crippen LogP contribution in [0.2, 0.25) is 0 Å². The second-order valence-corrected chi connectivity index (χ2v) is 8.37. The lowest BCUT2D eigenvalue weighted by molar-refractivity contribution is -0.137. The van der Waals surface area contributed by atoms with E-state index in [1.165, 1.54) is 18.2 Å². The number of ether oxygens (including phenoxy) is 1. The number of nitrogens with zero attached hydrogens (tertiary/aromatic N) is 1. The van der Waals surface area contributed by atoms with E-state index in [0.717, 1.165) is 18.9 Å². The van der Waals surface area contributed by atoms with Gasteiger partial charge in [-0.2, -0.15) is 0 Å². The maximum absolute atomic E-state index is 13.5. The third kappa shape index (κ3) is 3.75. The first-order valence-electron chi connectivity index (χ1n) is 7.80. The van der Waals surface area contributed by atoms with Crippen LogP contribution in [0.1, 0.15) is 29.6 Å². The Kier molecular flexibility index (Phi) is 4.58. The van der Waals surface area contributed by atoms with Gasteiger partial charge in [-0.1, -0.05) is 12.1 Å². The molecular weight excluding hydrogens is 337 g/mol. The molecule has 24 heavy (non-hydrogen) atoms. The first-order chi connectivity index (χ1) is 11.4. The summed E-state index contributed by atoms with van der Waals surface area (Å²) < 4.78 is 41.7. The van der Waals surface area contributed by atoms with Crippen LogP contribution in [0, 0.1) is 5.82 Å². The molecule has 0 N–H and O–H groups in total. The van der Waals surface area contributed by atoms with E-state index >= 15 is 0 Å². The van der Waals surface area contributed by atoms with E-state index < -0.39 is 34.1 Å². The highest BCUT2D eigenvalue weighted by Crippen LogP contribution is 2.32. The molecule has 0 bridgehead atoms. The summed E-state index contributed by atoms with van der Waals surface area (Å²) in [4.78, 5) is 25.8. The fourth-order valence-electron chi connectivity index (χ4n) is 2.96. The van der Waals surface area contributed by atoms with Gasteiger partial charge in [0.15, 0.2) is 16.4 Å². The SMILES string of the molecule is O=C(OCC(=O)N(C1CC1)[C@H]1CCS(=O)(=O)C1)c1ccccc1F. The summed E-state index contributed by atoms with van der Waals surface area (Å²) in [6, 6.07) is 5.03. The molecule has 8 heteroatoms. The van der Waals surface area contributed by atoms with Crippen LogP contribution in [-0.4, -0.2) is 55.4 Å². The average Bonchev–Trinajstić information content (AvgIpc) is 3.29. The van der Waals surface area contributed by atoms with Gasteiger partial charge in [-0.05, 0) is 31.4 Å². The normalized spacial score (nSPS) is 22.1. The van der Waals surface area contributed by atoms with Crippen LogP contribution in [0.5, 0.6) is 0 Å². The lowest BCUT2D eigenvalue weighted by Gasteiger charge is -2.28. The highest BCUT2D eigenvalue weighted by atomic mass is 32.2. The second kappa shape index (κ2) is 6.51. The Balaban J connectivity index is 1.63. The van der Waals surface area contributed by atoms with Crippen molar-refractivity contribution in [3.05, 3.63) is 35.6 Å². The molecule has 1 aromatic carbocycles. The summed E-state index contributed by atoms with van der Waals surface area (Å²) in [6.07, 6.45) is 2.05. The molecule has 6 nitrogen and oxygen atoms in total. The third-order valence-corrected chi connectivity index (χ3v) is 6.00. The molecule has 0 aromatic heterocycles. The van der Waals surface area contributed by atoms with E-state index in [0.29, 0.717) is 6.42 Å². The molecule has 1 atom stereocenters. The van der Waals surface area contributed by atoms with Gasteiger partial charge in [0.1, 0.15) is 5.82 Å². The summed E-state index contributed by atoms with van der Waals surface area (Å²) in [5, 5.41) is 0. The molecule has 2 aliphatic rings. The minimum absolute atomic E-state index is 0.0166.